The minimum Gasteiger partial charge on any atom is -0.383 e. The summed E-state index contributed by atoms with van der Waals surface area (Å²) >= 11 is 2.16. The molecule has 37 heavy (non-hydrogen) atoms. The molecule has 3 N–H and O–H groups in total. The first kappa shape index (κ1) is 24.8. The van der Waals surface area contributed by atoms with Gasteiger partial charge in [-0.15, -0.1) is 0 Å². The lowest BCUT2D eigenvalue weighted by Crippen LogP contribution is -2.40. The van der Waals surface area contributed by atoms with Gasteiger partial charge < -0.3 is 16.0 Å². The lowest BCUT2D eigenvalue weighted by Gasteiger charge is -2.32. The molecule has 11 heteroatoms. The number of nitrogens with two attached hydrogens (primary N) is 1. The molecule has 1 fully saturated rings. The molecule has 188 valence electrons. The summed E-state index contributed by atoms with van der Waals surface area (Å²) < 4.78 is 18.1. The SMILES string of the molecule is C=CC(=O)N1CCCC(n2nc(-c3ccc(C(=O)Nc4ccccn4)cc3F)c3c(N)ncc(I)c32)C1. The highest BCUT2D eigenvalue weighted by Gasteiger charge is 2.29. The zero-order valence-corrected chi connectivity index (χ0v) is 21.9. The van der Waals surface area contributed by atoms with Crippen molar-refractivity contribution in [1.29, 1.82) is 0 Å². The van der Waals surface area contributed by atoms with E-state index >= 15 is 4.39 Å². The Morgan fingerprint density at radius 2 is 2.08 bits per heavy atom. The van der Waals surface area contributed by atoms with Crippen molar-refractivity contribution >= 4 is 56.9 Å². The summed E-state index contributed by atoms with van der Waals surface area (Å²) in [5.74, 6) is -0.646. The van der Waals surface area contributed by atoms with Gasteiger partial charge in [0, 0.05) is 36.6 Å². The third-order valence-corrected chi connectivity index (χ3v) is 7.12. The summed E-state index contributed by atoms with van der Waals surface area (Å²) in [5.41, 5.74) is 7.68. The van der Waals surface area contributed by atoms with Crippen LogP contribution in [0.5, 0.6) is 0 Å². The Morgan fingerprint density at radius 3 is 2.81 bits per heavy atom. The fraction of sp³-hybridized carbons (Fsp3) is 0.192. The number of likely N-dealkylation sites (tertiary alicyclic amines) is 1. The molecule has 0 radical (unpaired) electrons. The summed E-state index contributed by atoms with van der Waals surface area (Å²) in [6, 6.07) is 9.21. The van der Waals surface area contributed by atoms with E-state index in [1.165, 1.54) is 24.3 Å². The number of hydrogen-bond donors (Lipinski definition) is 2. The third-order valence-electron chi connectivity index (χ3n) is 6.33. The number of amides is 2. The summed E-state index contributed by atoms with van der Waals surface area (Å²) in [5, 5.41) is 7.99. The van der Waals surface area contributed by atoms with Gasteiger partial charge in [-0.25, -0.2) is 14.4 Å². The molecule has 9 nitrogen and oxygen atoms in total. The van der Waals surface area contributed by atoms with Crippen LogP contribution >= 0.6 is 22.6 Å². The van der Waals surface area contributed by atoms with E-state index in [1.807, 2.05) is 4.68 Å². The normalized spacial score (nSPS) is 15.5. The number of nitrogens with one attached hydrogen (secondary N) is 1. The molecule has 1 atom stereocenters. The molecule has 4 aromatic rings. The van der Waals surface area contributed by atoms with Gasteiger partial charge in [0.05, 0.1) is 20.5 Å². The van der Waals surface area contributed by atoms with Crippen LogP contribution in [0.2, 0.25) is 0 Å². The Labute approximate surface area is 225 Å². The minimum atomic E-state index is -0.620. The highest BCUT2D eigenvalue weighted by Crippen LogP contribution is 2.38. The predicted molar refractivity (Wildman–Crippen MR) is 147 cm³/mol. The van der Waals surface area contributed by atoms with Gasteiger partial charge in [-0.2, -0.15) is 5.10 Å². The second kappa shape index (κ2) is 10.2. The standard InChI is InChI=1S/C26H23FIN7O2/c1-2-21(36)34-11-5-6-16(14-34)35-24-19(28)13-31-25(29)22(24)23(33-35)17-9-8-15(12-18(17)27)26(37)32-20-7-3-4-10-30-20/h2-4,7-10,12-13,16H,1,5-6,11,14H2,(H2,29,31)(H,30,32,37). The molecular formula is C26H23FIN7O2. The molecule has 1 aliphatic heterocycles. The van der Waals surface area contributed by atoms with E-state index in [-0.39, 0.29) is 28.9 Å². The summed E-state index contributed by atoms with van der Waals surface area (Å²) in [6.45, 7) is 4.69. The molecule has 4 heterocycles. The Bertz CT molecular complexity index is 1520. The fourth-order valence-corrected chi connectivity index (χ4v) is 5.22. The number of fused-ring (bicyclic) bond motifs is 1. The molecule has 1 aromatic carbocycles. The second-order valence-corrected chi connectivity index (χ2v) is 9.82. The maximum Gasteiger partial charge on any atom is 0.256 e. The number of carbonyl (C=O) groups excluding carboxylic acids is 2. The van der Waals surface area contributed by atoms with E-state index in [0.29, 0.717) is 30.0 Å². The highest BCUT2D eigenvalue weighted by atomic mass is 127. The summed E-state index contributed by atoms with van der Waals surface area (Å²) in [6.07, 6.45) is 6.11. The van der Waals surface area contributed by atoms with Gasteiger partial charge in [-0.1, -0.05) is 12.6 Å². The number of carbonyl (C=O) groups is 2. The molecule has 0 bridgehead atoms. The van der Waals surface area contributed by atoms with Crippen molar-refractivity contribution in [3.63, 3.8) is 0 Å². The molecule has 1 unspecified atom stereocenters. The highest BCUT2D eigenvalue weighted by molar-refractivity contribution is 14.1. The zero-order valence-electron chi connectivity index (χ0n) is 19.7. The first-order valence-corrected chi connectivity index (χ1v) is 12.7. The Kier molecular flexibility index (Phi) is 6.87. The van der Waals surface area contributed by atoms with Crippen LogP contribution in [0.3, 0.4) is 0 Å². The lowest BCUT2D eigenvalue weighted by molar-refractivity contribution is -0.127. The number of anilines is 2. The third kappa shape index (κ3) is 4.78. The Morgan fingerprint density at radius 1 is 1.24 bits per heavy atom. The number of nitrogen functional groups attached to an aromatic ring is 1. The first-order valence-electron chi connectivity index (χ1n) is 11.6. The molecule has 0 aliphatic carbocycles. The van der Waals surface area contributed by atoms with Crippen LogP contribution in [0.1, 0.15) is 29.2 Å². The van der Waals surface area contributed by atoms with E-state index < -0.39 is 11.7 Å². The van der Waals surface area contributed by atoms with E-state index in [1.54, 1.807) is 35.5 Å². The molecule has 1 aliphatic rings. The van der Waals surface area contributed by atoms with E-state index in [2.05, 4.69) is 44.5 Å². The average Bonchev–Trinajstić information content (AvgIpc) is 3.32. The van der Waals surface area contributed by atoms with Crippen LogP contribution in [0.15, 0.2) is 61.4 Å². The quantitative estimate of drug-likeness (QED) is 0.255. The number of nitrogens with zero attached hydrogens (tertiary/aromatic N) is 5. The van der Waals surface area contributed by atoms with Crippen molar-refractivity contribution in [3.05, 3.63) is 76.4 Å². The maximum absolute atomic E-state index is 15.5. The van der Waals surface area contributed by atoms with Gasteiger partial charge in [0.1, 0.15) is 23.1 Å². The van der Waals surface area contributed by atoms with Gasteiger partial charge in [0.15, 0.2) is 0 Å². The zero-order chi connectivity index (χ0) is 26.1. The van der Waals surface area contributed by atoms with Crippen LogP contribution in [-0.2, 0) is 4.79 Å². The molecule has 0 saturated carbocycles. The maximum atomic E-state index is 15.5. The predicted octanol–water partition coefficient (Wildman–Crippen LogP) is 4.42. The molecule has 2 amide bonds. The largest absolute Gasteiger partial charge is 0.383 e. The number of halogens is 2. The molecular weight excluding hydrogens is 588 g/mol. The van der Waals surface area contributed by atoms with E-state index in [9.17, 15) is 9.59 Å². The van der Waals surface area contributed by atoms with Crippen LogP contribution < -0.4 is 11.1 Å². The van der Waals surface area contributed by atoms with Crippen LogP contribution in [-0.4, -0.2) is 49.6 Å². The number of pyridine rings is 2. The molecule has 5 rings (SSSR count). The molecule has 3 aromatic heterocycles. The van der Waals surface area contributed by atoms with E-state index in [0.717, 1.165) is 21.9 Å². The number of hydrogen-bond acceptors (Lipinski definition) is 6. The van der Waals surface area contributed by atoms with Crippen molar-refractivity contribution in [2.45, 2.75) is 18.9 Å². The Hall–Kier alpha value is -3.87. The fourth-order valence-electron chi connectivity index (χ4n) is 4.57. The number of piperidine rings is 1. The van der Waals surface area contributed by atoms with Crippen LogP contribution in [0.25, 0.3) is 22.2 Å². The smallest absolute Gasteiger partial charge is 0.256 e. The summed E-state index contributed by atoms with van der Waals surface area (Å²) in [7, 11) is 0. The average molecular weight is 611 g/mol. The lowest BCUT2D eigenvalue weighted by atomic mass is 10.0. The Balaban J connectivity index is 1.55. The van der Waals surface area contributed by atoms with Crippen LogP contribution in [0, 0.1) is 9.39 Å². The number of aromatic nitrogens is 4. The first-order chi connectivity index (χ1) is 17.9. The van der Waals surface area contributed by atoms with Gasteiger partial charge in [-0.3, -0.25) is 14.3 Å². The van der Waals surface area contributed by atoms with Gasteiger partial charge >= 0.3 is 0 Å². The number of rotatable bonds is 5. The molecule has 1 saturated heterocycles. The van der Waals surface area contributed by atoms with Gasteiger partial charge in [-0.05, 0) is 71.8 Å². The topological polar surface area (TPSA) is 119 Å². The minimum absolute atomic E-state index is 0.129. The second-order valence-electron chi connectivity index (χ2n) is 8.66. The van der Waals surface area contributed by atoms with Crippen molar-refractivity contribution < 1.29 is 14.0 Å². The van der Waals surface area contributed by atoms with Crippen LogP contribution in [0.4, 0.5) is 16.0 Å². The van der Waals surface area contributed by atoms with Gasteiger partial charge in [0.25, 0.3) is 5.91 Å². The molecule has 0 spiro atoms. The summed E-state index contributed by atoms with van der Waals surface area (Å²) in [4.78, 5) is 35.0. The van der Waals surface area contributed by atoms with E-state index in [4.69, 9.17) is 10.8 Å². The van der Waals surface area contributed by atoms with Gasteiger partial charge in [0.2, 0.25) is 5.91 Å². The van der Waals surface area contributed by atoms with Crippen molar-refractivity contribution in [2.75, 3.05) is 24.1 Å². The van der Waals surface area contributed by atoms with Crippen molar-refractivity contribution in [1.82, 2.24) is 24.6 Å². The van der Waals surface area contributed by atoms with Crippen molar-refractivity contribution in [2.24, 2.45) is 0 Å². The monoisotopic (exact) mass is 611 g/mol. The number of benzene rings is 1. The van der Waals surface area contributed by atoms with Crippen molar-refractivity contribution in [3.8, 4) is 11.3 Å².